The van der Waals surface area contributed by atoms with E-state index in [2.05, 4.69) is 47.5 Å². The molecule has 0 aliphatic carbocycles. The Morgan fingerprint density at radius 2 is 1.89 bits per heavy atom. The van der Waals surface area contributed by atoms with E-state index in [1.54, 1.807) is 0 Å². The Labute approximate surface area is 111 Å². The van der Waals surface area contributed by atoms with Gasteiger partial charge in [0, 0.05) is 6.04 Å². The lowest BCUT2D eigenvalue weighted by Crippen LogP contribution is -2.42. The maximum Gasteiger partial charge on any atom is 0.00914 e. The number of nitrogens with one attached hydrogen (secondary N) is 1. The van der Waals surface area contributed by atoms with E-state index in [-0.39, 0.29) is 0 Å². The summed E-state index contributed by atoms with van der Waals surface area (Å²) in [6.07, 6.45) is 5.08. The number of hydrogen-bond donors (Lipinski definition) is 1. The van der Waals surface area contributed by atoms with Crippen LogP contribution in [-0.2, 0) is 6.42 Å². The Kier molecular flexibility index (Phi) is 5.69. The molecule has 1 aliphatic rings. The molecule has 0 amide bonds. The van der Waals surface area contributed by atoms with E-state index in [9.17, 15) is 0 Å². The van der Waals surface area contributed by atoms with Gasteiger partial charge in [-0.05, 0) is 57.4 Å². The van der Waals surface area contributed by atoms with Gasteiger partial charge in [-0.3, -0.25) is 0 Å². The maximum absolute atomic E-state index is 3.71. The van der Waals surface area contributed by atoms with Crippen molar-refractivity contribution in [1.82, 2.24) is 10.2 Å². The third-order valence-electron chi connectivity index (χ3n) is 3.95. The van der Waals surface area contributed by atoms with Gasteiger partial charge in [-0.2, -0.15) is 0 Å². The Morgan fingerprint density at radius 1 is 1.17 bits per heavy atom. The number of aryl methyl sites for hydroxylation is 1. The molecule has 0 saturated carbocycles. The molecular formula is C16H26N2. The van der Waals surface area contributed by atoms with Crippen LogP contribution in [0.5, 0.6) is 0 Å². The Balaban J connectivity index is 1.56. The summed E-state index contributed by atoms with van der Waals surface area (Å²) >= 11 is 0. The molecule has 1 saturated heterocycles. The monoisotopic (exact) mass is 246 g/mol. The van der Waals surface area contributed by atoms with Crippen LogP contribution in [0.3, 0.4) is 0 Å². The first-order valence-electron chi connectivity index (χ1n) is 7.38. The summed E-state index contributed by atoms with van der Waals surface area (Å²) < 4.78 is 0. The number of piperidine rings is 1. The lowest BCUT2D eigenvalue weighted by Gasteiger charge is -2.31. The minimum Gasteiger partial charge on any atom is -0.314 e. The summed E-state index contributed by atoms with van der Waals surface area (Å²) in [4.78, 5) is 2.54. The fraction of sp³-hybridized carbons (Fsp3) is 0.625. The zero-order valence-electron chi connectivity index (χ0n) is 11.6. The second-order valence-corrected chi connectivity index (χ2v) is 5.25. The van der Waals surface area contributed by atoms with Gasteiger partial charge in [0.25, 0.3) is 0 Å². The van der Waals surface area contributed by atoms with Crippen molar-refractivity contribution in [2.24, 2.45) is 0 Å². The van der Waals surface area contributed by atoms with Gasteiger partial charge in [0.05, 0.1) is 0 Å². The summed E-state index contributed by atoms with van der Waals surface area (Å²) in [5.74, 6) is 0. The van der Waals surface area contributed by atoms with Crippen molar-refractivity contribution < 1.29 is 0 Å². The van der Waals surface area contributed by atoms with Crippen molar-refractivity contribution >= 4 is 0 Å². The number of benzene rings is 1. The third-order valence-corrected chi connectivity index (χ3v) is 3.95. The number of hydrogen-bond acceptors (Lipinski definition) is 2. The second-order valence-electron chi connectivity index (χ2n) is 5.25. The molecule has 1 N–H and O–H groups in total. The van der Waals surface area contributed by atoms with E-state index < -0.39 is 0 Å². The van der Waals surface area contributed by atoms with Gasteiger partial charge in [0.15, 0.2) is 0 Å². The van der Waals surface area contributed by atoms with Gasteiger partial charge >= 0.3 is 0 Å². The van der Waals surface area contributed by atoms with Crippen LogP contribution < -0.4 is 5.32 Å². The quantitative estimate of drug-likeness (QED) is 0.776. The lowest BCUT2D eigenvalue weighted by molar-refractivity contribution is 0.206. The minimum absolute atomic E-state index is 0.753. The van der Waals surface area contributed by atoms with Crippen LogP contribution in [0, 0.1) is 0 Å². The lowest BCUT2D eigenvalue weighted by atomic mass is 10.0. The molecule has 1 aromatic carbocycles. The summed E-state index contributed by atoms with van der Waals surface area (Å²) in [7, 11) is 0. The molecule has 2 nitrogen and oxygen atoms in total. The van der Waals surface area contributed by atoms with Crippen molar-refractivity contribution in [3.8, 4) is 0 Å². The van der Waals surface area contributed by atoms with Gasteiger partial charge in [0.1, 0.15) is 0 Å². The SMILES string of the molecule is CCN1CCC(NCCCc2ccccc2)CC1. The highest BCUT2D eigenvalue weighted by Crippen LogP contribution is 2.10. The van der Waals surface area contributed by atoms with Crippen LogP contribution >= 0.6 is 0 Å². The minimum atomic E-state index is 0.753. The number of likely N-dealkylation sites (tertiary alicyclic amines) is 1. The van der Waals surface area contributed by atoms with Crippen LogP contribution in [0.1, 0.15) is 31.7 Å². The predicted molar refractivity (Wildman–Crippen MR) is 77.9 cm³/mol. The molecule has 18 heavy (non-hydrogen) atoms. The second kappa shape index (κ2) is 7.55. The maximum atomic E-state index is 3.71. The Bertz CT molecular complexity index is 315. The van der Waals surface area contributed by atoms with Crippen LogP contribution in [0.4, 0.5) is 0 Å². The first kappa shape index (κ1) is 13.6. The first-order chi connectivity index (χ1) is 8.88. The molecule has 1 aliphatic heterocycles. The Hall–Kier alpha value is -0.860. The summed E-state index contributed by atoms with van der Waals surface area (Å²) in [5, 5.41) is 3.71. The highest BCUT2D eigenvalue weighted by atomic mass is 15.1. The number of rotatable bonds is 6. The standard InChI is InChI=1S/C16H26N2/c1-2-18-13-10-16(11-14-18)17-12-6-9-15-7-4-3-5-8-15/h3-5,7-8,16-17H,2,6,9-14H2,1H3. The van der Waals surface area contributed by atoms with Gasteiger partial charge in [-0.25, -0.2) is 0 Å². The molecule has 0 unspecified atom stereocenters. The van der Waals surface area contributed by atoms with Gasteiger partial charge in [-0.15, -0.1) is 0 Å². The van der Waals surface area contributed by atoms with E-state index in [0.717, 1.165) is 12.6 Å². The van der Waals surface area contributed by atoms with Crippen LogP contribution in [-0.4, -0.2) is 37.1 Å². The van der Waals surface area contributed by atoms with E-state index >= 15 is 0 Å². The first-order valence-corrected chi connectivity index (χ1v) is 7.38. The Morgan fingerprint density at radius 3 is 2.56 bits per heavy atom. The van der Waals surface area contributed by atoms with E-state index in [1.807, 2.05) is 0 Å². The molecule has 0 radical (unpaired) electrons. The van der Waals surface area contributed by atoms with E-state index in [0.29, 0.717) is 0 Å². The summed E-state index contributed by atoms with van der Waals surface area (Å²) in [6, 6.07) is 11.5. The molecule has 0 atom stereocenters. The van der Waals surface area contributed by atoms with Crippen LogP contribution in [0.2, 0.25) is 0 Å². The van der Waals surface area contributed by atoms with E-state index in [1.165, 1.54) is 50.9 Å². The molecule has 0 aromatic heterocycles. The molecule has 0 spiro atoms. The molecular weight excluding hydrogens is 220 g/mol. The fourth-order valence-electron chi connectivity index (χ4n) is 2.70. The molecule has 1 heterocycles. The van der Waals surface area contributed by atoms with Crippen molar-refractivity contribution in [2.45, 2.75) is 38.6 Å². The van der Waals surface area contributed by atoms with Crippen LogP contribution in [0.25, 0.3) is 0 Å². The molecule has 1 fully saturated rings. The predicted octanol–water partition coefficient (Wildman–Crippen LogP) is 2.69. The van der Waals surface area contributed by atoms with Crippen molar-refractivity contribution in [2.75, 3.05) is 26.2 Å². The third kappa shape index (κ3) is 4.43. The van der Waals surface area contributed by atoms with Gasteiger partial charge in [-0.1, -0.05) is 37.3 Å². The smallest absolute Gasteiger partial charge is 0.00914 e. The van der Waals surface area contributed by atoms with Crippen molar-refractivity contribution in [3.05, 3.63) is 35.9 Å². The van der Waals surface area contributed by atoms with Gasteiger partial charge < -0.3 is 10.2 Å². The normalized spacial score (nSPS) is 18.1. The van der Waals surface area contributed by atoms with Crippen molar-refractivity contribution in [1.29, 1.82) is 0 Å². The molecule has 2 rings (SSSR count). The largest absolute Gasteiger partial charge is 0.314 e. The summed E-state index contributed by atoms with van der Waals surface area (Å²) in [6.45, 7) is 7.17. The van der Waals surface area contributed by atoms with E-state index in [4.69, 9.17) is 0 Å². The fourth-order valence-corrected chi connectivity index (χ4v) is 2.70. The van der Waals surface area contributed by atoms with Crippen LogP contribution in [0.15, 0.2) is 30.3 Å². The zero-order chi connectivity index (χ0) is 12.6. The highest BCUT2D eigenvalue weighted by Gasteiger charge is 2.16. The topological polar surface area (TPSA) is 15.3 Å². The molecule has 100 valence electrons. The van der Waals surface area contributed by atoms with Crippen molar-refractivity contribution in [3.63, 3.8) is 0 Å². The van der Waals surface area contributed by atoms with Gasteiger partial charge in [0.2, 0.25) is 0 Å². The molecule has 0 bridgehead atoms. The zero-order valence-corrected chi connectivity index (χ0v) is 11.6. The average molecular weight is 246 g/mol. The summed E-state index contributed by atoms with van der Waals surface area (Å²) in [5.41, 5.74) is 1.46. The highest BCUT2D eigenvalue weighted by molar-refractivity contribution is 5.14. The molecule has 2 heteroatoms. The average Bonchev–Trinajstić information content (AvgIpc) is 2.45. The number of nitrogens with zero attached hydrogens (tertiary/aromatic N) is 1. The molecule has 1 aromatic rings.